The zero-order valence-corrected chi connectivity index (χ0v) is 17.1. The van der Waals surface area contributed by atoms with Gasteiger partial charge >= 0.3 is 6.03 Å². The molecular formula is C25H18FN5O. The van der Waals surface area contributed by atoms with Crippen LogP contribution < -0.4 is 10.6 Å². The molecular weight excluding hydrogens is 405 g/mol. The average Bonchev–Trinajstić information content (AvgIpc) is 3.29. The fraction of sp³-hybridized carbons (Fsp3) is 0.0800. The van der Waals surface area contributed by atoms with E-state index in [1.807, 2.05) is 48.5 Å². The summed E-state index contributed by atoms with van der Waals surface area (Å²) in [6, 6.07) is 22.9. The lowest BCUT2D eigenvalue weighted by Crippen LogP contribution is -2.33. The van der Waals surface area contributed by atoms with E-state index in [9.17, 15) is 14.4 Å². The van der Waals surface area contributed by atoms with Gasteiger partial charge in [-0.2, -0.15) is 10.4 Å². The van der Waals surface area contributed by atoms with Gasteiger partial charge in [0.15, 0.2) is 5.82 Å². The fourth-order valence-electron chi connectivity index (χ4n) is 4.13. The molecule has 0 aliphatic heterocycles. The highest BCUT2D eigenvalue weighted by Gasteiger charge is 2.30. The van der Waals surface area contributed by atoms with Gasteiger partial charge in [0, 0.05) is 0 Å². The summed E-state index contributed by atoms with van der Waals surface area (Å²) in [6.07, 6.45) is 0. The van der Waals surface area contributed by atoms with Gasteiger partial charge in [0.25, 0.3) is 0 Å². The molecule has 5 rings (SSSR count). The van der Waals surface area contributed by atoms with Crippen LogP contribution in [0.5, 0.6) is 0 Å². The van der Waals surface area contributed by atoms with Gasteiger partial charge in [-0.25, -0.2) is 13.9 Å². The molecule has 7 heteroatoms. The van der Waals surface area contributed by atoms with Gasteiger partial charge < -0.3 is 5.32 Å². The van der Waals surface area contributed by atoms with Crippen LogP contribution in [0.2, 0.25) is 0 Å². The first kappa shape index (κ1) is 19.5. The lowest BCUT2D eigenvalue weighted by Gasteiger charge is -2.17. The summed E-state index contributed by atoms with van der Waals surface area (Å²) in [5.74, 6) is -0.155. The number of hydrogen-bond donors (Lipinski definition) is 2. The summed E-state index contributed by atoms with van der Waals surface area (Å²) >= 11 is 0. The second-order valence-electron chi connectivity index (χ2n) is 7.52. The fourth-order valence-corrected chi connectivity index (χ4v) is 4.13. The molecule has 1 heterocycles. The van der Waals surface area contributed by atoms with Gasteiger partial charge in [-0.15, -0.1) is 0 Å². The standard InChI is InChI=1S/C25H18FN5O/c1-15-22(14-27)24(31(30-15)17-12-10-16(26)11-13-17)29-25(32)28-23-20-8-4-2-6-18(20)19-7-3-5-9-21(19)23/h2-13,23H,1H3,(H2,28,29,32). The number of hydrogen-bond acceptors (Lipinski definition) is 3. The van der Waals surface area contributed by atoms with Crippen LogP contribution in [-0.2, 0) is 0 Å². The van der Waals surface area contributed by atoms with Crippen molar-refractivity contribution in [1.29, 1.82) is 5.26 Å². The van der Waals surface area contributed by atoms with Crippen LogP contribution in [0, 0.1) is 24.1 Å². The van der Waals surface area contributed by atoms with Crippen LogP contribution in [0.4, 0.5) is 15.0 Å². The third-order valence-corrected chi connectivity index (χ3v) is 5.58. The maximum absolute atomic E-state index is 13.4. The lowest BCUT2D eigenvalue weighted by molar-refractivity contribution is 0.250. The molecule has 0 radical (unpaired) electrons. The van der Waals surface area contributed by atoms with Crippen LogP contribution in [0.3, 0.4) is 0 Å². The first-order valence-electron chi connectivity index (χ1n) is 10.1. The molecule has 3 aromatic carbocycles. The average molecular weight is 423 g/mol. The van der Waals surface area contributed by atoms with E-state index in [1.54, 1.807) is 6.92 Å². The number of fused-ring (bicyclic) bond motifs is 3. The monoisotopic (exact) mass is 423 g/mol. The molecule has 0 atom stereocenters. The molecule has 2 N–H and O–H groups in total. The SMILES string of the molecule is Cc1nn(-c2ccc(F)cc2)c(NC(=O)NC2c3ccccc3-c3ccccc32)c1C#N. The Morgan fingerprint density at radius 1 is 1.00 bits per heavy atom. The Hall–Kier alpha value is -4.44. The third-order valence-electron chi connectivity index (χ3n) is 5.58. The Morgan fingerprint density at radius 2 is 1.59 bits per heavy atom. The number of nitrogens with zero attached hydrogens (tertiary/aromatic N) is 3. The van der Waals surface area contributed by atoms with Gasteiger partial charge in [-0.05, 0) is 53.4 Å². The van der Waals surface area contributed by atoms with E-state index < -0.39 is 6.03 Å². The number of aryl methyl sites for hydroxylation is 1. The van der Waals surface area contributed by atoms with Crippen LogP contribution in [-0.4, -0.2) is 15.8 Å². The van der Waals surface area contributed by atoms with E-state index in [1.165, 1.54) is 28.9 Å². The minimum atomic E-state index is -0.471. The van der Waals surface area contributed by atoms with Gasteiger partial charge in [-0.1, -0.05) is 48.5 Å². The van der Waals surface area contributed by atoms with Crippen LogP contribution in [0.15, 0.2) is 72.8 Å². The molecule has 32 heavy (non-hydrogen) atoms. The Balaban J connectivity index is 1.48. The maximum atomic E-state index is 13.4. The highest BCUT2D eigenvalue weighted by Crippen LogP contribution is 2.43. The van der Waals surface area contributed by atoms with Crippen molar-refractivity contribution in [3.63, 3.8) is 0 Å². The van der Waals surface area contributed by atoms with Crippen molar-refractivity contribution in [2.24, 2.45) is 0 Å². The lowest BCUT2D eigenvalue weighted by atomic mass is 10.1. The number of nitrogens with one attached hydrogen (secondary N) is 2. The summed E-state index contributed by atoms with van der Waals surface area (Å²) < 4.78 is 14.8. The Kier molecular flexibility index (Phi) is 4.68. The number of carbonyl (C=O) groups is 1. The van der Waals surface area contributed by atoms with Gasteiger partial charge in [0.2, 0.25) is 0 Å². The number of benzene rings is 3. The predicted octanol–water partition coefficient (Wildman–Crippen LogP) is 5.08. The third kappa shape index (κ3) is 3.19. The van der Waals surface area contributed by atoms with Gasteiger partial charge in [-0.3, -0.25) is 5.32 Å². The van der Waals surface area contributed by atoms with Crippen molar-refractivity contribution in [1.82, 2.24) is 15.1 Å². The number of carbonyl (C=O) groups excluding carboxylic acids is 1. The molecule has 1 aliphatic carbocycles. The number of aromatic nitrogens is 2. The van der Waals surface area contributed by atoms with Crippen LogP contribution in [0.25, 0.3) is 16.8 Å². The topological polar surface area (TPSA) is 82.7 Å². The highest BCUT2D eigenvalue weighted by molar-refractivity contribution is 5.92. The molecule has 0 fully saturated rings. The quantitative estimate of drug-likeness (QED) is 0.482. The second kappa shape index (κ2) is 7.67. The van der Waals surface area contributed by atoms with Crippen LogP contribution in [0.1, 0.15) is 28.4 Å². The zero-order valence-electron chi connectivity index (χ0n) is 17.1. The number of halogens is 1. The minimum absolute atomic E-state index is 0.230. The molecule has 0 saturated heterocycles. The predicted molar refractivity (Wildman–Crippen MR) is 119 cm³/mol. The molecule has 0 spiro atoms. The number of anilines is 1. The number of nitriles is 1. The zero-order chi connectivity index (χ0) is 22.2. The Morgan fingerprint density at radius 3 is 2.19 bits per heavy atom. The Labute approximate surface area is 183 Å². The van der Waals surface area contributed by atoms with E-state index >= 15 is 0 Å². The molecule has 1 aliphatic rings. The molecule has 0 saturated carbocycles. The molecule has 1 aromatic heterocycles. The summed E-state index contributed by atoms with van der Waals surface area (Å²) in [6.45, 7) is 1.69. The highest BCUT2D eigenvalue weighted by atomic mass is 19.1. The van der Waals surface area contributed by atoms with E-state index in [0.29, 0.717) is 11.4 Å². The molecule has 2 amide bonds. The van der Waals surface area contributed by atoms with Crippen molar-refractivity contribution in [3.8, 4) is 22.9 Å². The first-order chi connectivity index (χ1) is 15.6. The second-order valence-corrected chi connectivity index (χ2v) is 7.52. The smallest absolute Gasteiger partial charge is 0.321 e. The van der Waals surface area contributed by atoms with E-state index in [2.05, 4.69) is 21.8 Å². The molecule has 0 bridgehead atoms. The summed E-state index contributed by atoms with van der Waals surface area (Å²) in [4.78, 5) is 13.1. The molecule has 156 valence electrons. The van der Waals surface area contributed by atoms with Crippen molar-refractivity contribution >= 4 is 11.8 Å². The van der Waals surface area contributed by atoms with Crippen molar-refractivity contribution < 1.29 is 9.18 Å². The van der Waals surface area contributed by atoms with Crippen molar-refractivity contribution in [3.05, 3.63) is 101 Å². The summed E-state index contributed by atoms with van der Waals surface area (Å²) in [5, 5.41) is 19.8. The number of amides is 2. The summed E-state index contributed by atoms with van der Waals surface area (Å²) in [7, 11) is 0. The minimum Gasteiger partial charge on any atom is -0.327 e. The summed E-state index contributed by atoms with van der Waals surface area (Å²) in [5.41, 5.74) is 5.42. The Bertz CT molecular complexity index is 1340. The van der Waals surface area contributed by atoms with Crippen molar-refractivity contribution in [2.75, 3.05) is 5.32 Å². The van der Waals surface area contributed by atoms with Crippen molar-refractivity contribution in [2.45, 2.75) is 13.0 Å². The van der Waals surface area contributed by atoms with Gasteiger partial charge in [0.05, 0.1) is 17.4 Å². The largest absolute Gasteiger partial charge is 0.327 e. The molecule has 0 unspecified atom stereocenters. The molecule has 6 nitrogen and oxygen atoms in total. The van der Waals surface area contributed by atoms with E-state index in [0.717, 1.165) is 22.3 Å². The maximum Gasteiger partial charge on any atom is 0.321 e. The van der Waals surface area contributed by atoms with Gasteiger partial charge in [0.1, 0.15) is 17.4 Å². The molecule has 4 aromatic rings. The number of urea groups is 1. The van der Waals surface area contributed by atoms with Crippen LogP contribution >= 0.6 is 0 Å². The first-order valence-corrected chi connectivity index (χ1v) is 10.1. The number of rotatable bonds is 3. The van der Waals surface area contributed by atoms with E-state index in [-0.39, 0.29) is 23.2 Å². The normalized spacial score (nSPS) is 12.0. The van der Waals surface area contributed by atoms with E-state index in [4.69, 9.17) is 0 Å².